The summed E-state index contributed by atoms with van der Waals surface area (Å²) in [7, 11) is 1.63. The maximum atomic E-state index is 12.2. The highest BCUT2D eigenvalue weighted by Gasteiger charge is 2.15. The van der Waals surface area contributed by atoms with Crippen molar-refractivity contribution in [1.82, 2.24) is 5.32 Å². The summed E-state index contributed by atoms with van der Waals surface area (Å²) in [5.74, 6) is 1.35. The van der Waals surface area contributed by atoms with Gasteiger partial charge in [-0.05, 0) is 51.0 Å². The summed E-state index contributed by atoms with van der Waals surface area (Å²) in [6.45, 7) is 7.91. The third-order valence-electron chi connectivity index (χ3n) is 3.93. The van der Waals surface area contributed by atoms with Gasteiger partial charge in [0, 0.05) is 5.56 Å². The molecule has 24 heavy (non-hydrogen) atoms. The number of ether oxygens (including phenoxy) is 2. The fourth-order valence-electron chi connectivity index (χ4n) is 2.56. The molecule has 128 valence electrons. The molecule has 0 aliphatic carbocycles. The van der Waals surface area contributed by atoms with Gasteiger partial charge in [-0.1, -0.05) is 29.8 Å². The molecular weight excluding hydrogens is 302 g/mol. The molecule has 1 amide bonds. The molecule has 4 heteroatoms. The highest BCUT2D eigenvalue weighted by Crippen LogP contribution is 2.26. The summed E-state index contributed by atoms with van der Waals surface area (Å²) >= 11 is 0. The van der Waals surface area contributed by atoms with Crippen molar-refractivity contribution in [3.63, 3.8) is 0 Å². The molecule has 2 rings (SSSR count). The van der Waals surface area contributed by atoms with Crippen LogP contribution in [-0.2, 0) is 4.79 Å². The second-order valence-corrected chi connectivity index (χ2v) is 6.09. The first-order chi connectivity index (χ1) is 11.4. The maximum Gasteiger partial charge on any atom is 0.258 e. The number of carbonyl (C=O) groups excluding carboxylic acids is 1. The standard InChI is InChI=1S/C20H25NO3/c1-13-7-9-18(23-5)17(10-13)16(4)21-20(22)12-24-19-11-14(2)6-8-15(19)3/h6-11,16H,12H2,1-5H3,(H,21,22). The van der Waals surface area contributed by atoms with Gasteiger partial charge in [-0.3, -0.25) is 4.79 Å². The van der Waals surface area contributed by atoms with Crippen molar-refractivity contribution in [3.8, 4) is 11.5 Å². The fourth-order valence-corrected chi connectivity index (χ4v) is 2.56. The van der Waals surface area contributed by atoms with Gasteiger partial charge in [-0.2, -0.15) is 0 Å². The van der Waals surface area contributed by atoms with Crippen molar-refractivity contribution >= 4 is 5.91 Å². The molecule has 0 aromatic heterocycles. The number of hydrogen-bond donors (Lipinski definition) is 1. The van der Waals surface area contributed by atoms with Crippen LogP contribution in [0.4, 0.5) is 0 Å². The van der Waals surface area contributed by atoms with Gasteiger partial charge in [-0.25, -0.2) is 0 Å². The second-order valence-electron chi connectivity index (χ2n) is 6.09. The quantitative estimate of drug-likeness (QED) is 0.876. The average molecular weight is 327 g/mol. The lowest BCUT2D eigenvalue weighted by atomic mass is 10.0. The van der Waals surface area contributed by atoms with Crippen molar-refractivity contribution in [2.45, 2.75) is 33.7 Å². The number of benzene rings is 2. The first-order valence-electron chi connectivity index (χ1n) is 8.04. The molecule has 0 fully saturated rings. The smallest absolute Gasteiger partial charge is 0.258 e. The van der Waals surface area contributed by atoms with Crippen LogP contribution < -0.4 is 14.8 Å². The third-order valence-corrected chi connectivity index (χ3v) is 3.93. The van der Waals surface area contributed by atoms with Gasteiger partial charge >= 0.3 is 0 Å². The maximum absolute atomic E-state index is 12.2. The summed E-state index contributed by atoms with van der Waals surface area (Å²) in [6, 6.07) is 11.7. The summed E-state index contributed by atoms with van der Waals surface area (Å²) in [6.07, 6.45) is 0. The highest BCUT2D eigenvalue weighted by molar-refractivity contribution is 5.78. The number of nitrogens with one attached hydrogen (secondary N) is 1. The Bertz CT molecular complexity index is 725. The van der Waals surface area contributed by atoms with Gasteiger partial charge < -0.3 is 14.8 Å². The van der Waals surface area contributed by atoms with E-state index in [4.69, 9.17) is 9.47 Å². The van der Waals surface area contributed by atoms with Crippen LogP contribution in [0, 0.1) is 20.8 Å². The molecule has 4 nitrogen and oxygen atoms in total. The molecule has 1 unspecified atom stereocenters. The Morgan fingerprint density at radius 1 is 1.04 bits per heavy atom. The van der Waals surface area contributed by atoms with Crippen LogP contribution >= 0.6 is 0 Å². The van der Waals surface area contributed by atoms with Crippen LogP contribution in [0.5, 0.6) is 11.5 Å². The van der Waals surface area contributed by atoms with E-state index < -0.39 is 0 Å². The van der Waals surface area contributed by atoms with Crippen LogP contribution in [0.1, 0.15) is 35.2 Å². The molecular formula is C20H25NO3. The zero-order chi connectivity index (χ0) is 17.7. The van der Waals surface area contributed by atoms with Crippen LogP contribution in [0.2, 0.25) is 0 Å². The van der Waals surface area contributed by atoms with Crippen LogP contribution in [-0.4, -0.2) is 19.6 Å². The highest BCUT2D eigenvalue weighted by atomic mass is 16.5. The Hall–Kier alpha value is -2.49. The van der Waals surface area contributed by atoms with Gasteiger partial charge in [0.25, 0.3) is 5.91 Å². The van der Waals surface area contributed by atoms with E-state index in [0.29, 0.717) is 0 Å². The van der Waals surface area contributed by atoms with Gasteiger partial charge in [0.2, 0.25) is 0 Å². The van der Waals surface area contributed by atoms with Crippen molar-refractivity contribution in [2.75, 3.05) is 13.7 Å². The molecule has 0 bridgehead atoms. The first kappa shape index (κ1) is 17.9. The number of methoxy groups -OCH3 is 1. The third kappa shape index (κ3) is 4.51. The summed E-state index contributed by atoms with van der Waals surface area (Å²) in [4.78, 5) is 12.2. The van der Waals surface area contributed by atoms with Crippen LogP contribution in [0.3, 0.4) is 0 Å². The molecule has 0 spiro atoms. The molecule has 2 aromatic carbocycles. The number of hydrogen-bond acceptors (Lipinski definition) is 3. The molecule has 0 saturated heterocycles. The number of amides is 1. The lowest BCUT2D eigenvalue weighted by molar-refractivity contribution is -0.123. The molecule has 2 aromatic rings. The van der Waals surface area contributed by atoms with Gasteiger partial charge in [0.05, 0.1) is 13.2 Å². The van der Waals surface area contributed by atoms with Gasteiger partial charge in [0.1, 0.15) is 11.5 Å². The molecule has 1 N–H and O–H groups in total. The second kappa shape index (κ2) is 7.86. The molecule has 0 radical (unpaired) electrons. The van der Waals surface area contributed by atoms with Crippen molar-refractivity contribution < 1.29 is 14.3 Å². The van der Waals surface area contributed by atoms with E-state index in [9.17, 15) is 4.79 Å². The Balaban J connectivity index is 1.99. The monoisotopic (exact) mass is 327 g/mol. The lowest BCUT2D eigenvalue weighted by Crippen LogP contribution is -2.31. The minimum atomic E-state index is -0.160. The summed E-state index contributed by atoms with van der Waals surface area (Å²) in [5.41, 5.74) is 4.20. The van der Waals surface area contributed by atoms with Crippen molar-refractivity contribution in [3.05, 3.63) is 58.7 Å². The van der Waals surface area contributed by atoms with Gasteiger partial charge in [0.15, 0.2) is 6.61 Å². The summed E-state index contributed by atoms with van der Waals surface area (Å²) < 4.78 is 11.0. The Morgan fingerprint density at radius 2 is 1.71 bits per heavy atom. The predicted molar refractivity (Wildman–Crippen MR) is 95.7 cm³/mol. The average Bonchev–Trinajstić information content (AvgIpc) is 2.55. The minimum absolute atomic E-state index is 0.0111. The predicted octanol–water partition coefficient (Wildman–Crippen LogP) is 3.88. The largest absolute Gasteiger partial charge is 0.496 e. The van der Waals surface area contributed by atoms with Gasteiger partial charge in [-0.15, -0.1) is 0 Å². The Labute approximate surface area is 143 Å². The van der Waals surface area contributed by atoms with Crippen molar-refractivity contribution in [1.29, 1.82) is 0 Å². The van der Waals surface area contributed by atoms with Crippen molar-refractivity contribution in [2.24, 2.45) is 0 Å². The Kier molecular flexibility index (Phi) is 5.85. The van der Waals surface area contributed by atoms with E-state index >= 15 is 0 Å². The lowest BCUT2D eigenvalue weighted by Gasteiger charge is -2.18. The first-order valence-corrected chi connectivity index (χ1v) is 8.04. The molecule has 0 saturated carbocycles. The molecule has 1 atom stereocenters. The summed E-state index contributed by atoms with van der Waals surface area (Å²) in [5, 5.41) is 2.96. The Morgan fingerprint density at radius 3 is 2.42 bits per heavy atom. The number of aryl methyl sites for hydroxylation is 3. The van der Waals surface area contributed by atoms with Crippen LogP contribution in [0.15, 0.2) is 36.4 Å². The van der Waals surface area contributed by atoms with E-state index in [0.717, 1.165) is 33.8 Å². The number of rotatable bonds is 6. The molecule has 0 heterocycles. The van der Waals surface area contributed by atoms with E-state index in [2.05, 4.69) is 5.32 Å². The minimum Gasteiger partial charge on any atom is -0.496 e. The normalized spacial score (nSPS) is 11.7. The van der Waals surface area contributed by atoms with E-state index in [-0.39, 0.29) is 18.6 Å². The zero-order valence-electron chi connectivity index (χ0n) is 15.0. The number of carbonyl (C=O) groups is 1. The molecule has 0 aliphatic rings. The van der Waals surface area contributed by atoms with Crippen LogP contribution in [0.25, 0.3) is 0 Å². The zero-order valence-corrected chi connectivity index (χ0v) is 15.0. The topological polar surface area (TPSA) is 47.6 Å². The SMILES string of the molecule is COc1ccc(C)cc1C(C)NC(=O)COc1cc(C)ccc1C. The van der Waals surface area contributed by atoms with E-state index in [1.807, 2.05) is 64.1 Å². The van der Waals surface area contributed by atoms with E-state index in [1.165, 1.54) is 0 Å². The fraction of sp³-hybridized carbons (Fsp3) is 0.350. The van der Waals surface area contributed by atoms with E-state index in [1.54, 1.807) is 7.11 Å². The molecule has 0 aliphatic heterocycles.